The fourth-order valence-corrected chi connectivity index (χ4v) is 3.36. The lowest BCUT2D eigenvalue weighted by Crippen LogP contribution is -2.25. The van der Waals surface area contributed by atoms with E-state index in [1.807, 2.05) is 6.92 Å². The van der Waals surface area contributed by atoms with Gasteiger partial charge < -0.3 is 10.1 Å². The van der Waals surface area contributed by atoms with Gasteiger partial charge in [-0.25, -0.2) is 13.1 Å². The first-order chi connectivity index (χ1) is 13.3. The number of carbonyl (C=O) groups is 1. The van der Waals surface area contributed by atoms with Gasteiger partial charge in [0.25, 0.3) is 11.6 Å². The normalized spacial score (nSPS) is 11.2. The number of ether oxygens (including phenoxy) is 1. The molecule has 10 heteroatoms. The van der Waals surface area contributed by atoms with Gasteiger partial charge in [0.15, 0.2) is 0 Å². The molecule has 2 aromatic rings. The van der Waals surface area contributed by atoms with Gasteiger partial charge in [-0.3, -0.25) is 14.9 Å². The third-order valence-electron chi connectivity index (χ3n) is 3.70. The first kappa shape index (κ1) is 21.5. The Morgan fingerprint density at radius 1 is 1.18 bits per heavy atom. The largest absolute Gasteiger partial charge is 0.382 e. The molecule has 0 radical (unpaired) electrons. The Labute approximate surface area is 162 Å². The highest BCUT2D eigenvalue weighted by Crippen LogP contribution is 2.17. The fourth-order valence-electron chi connectivity index (χ4n) is 2.29. The summed E-state index contributed by atoms with van der Waals surface area (Å²) in [5.74, 6) is -0.534. The lowest BCUT2D eigenvalue weighted by Gasteiger charge is -2.09. The Morgan fingerprint density at radius 3 is 2.54 bits per heavy atom. The van der Waals surface area contributed by atoms with E-state index in [0.717, 1.165) is 0 Å². The maximum absolute atomic E-state index is 12.2. The summed E-state index contributed by atoms with van der Waals surface area (Å²) in [5, 5.41) is 13.4. The van der Waals surface area contributed by atoms with Crippen molar-refractivity contribution in [2.45, 2.75) is 18.2 Å². The highest BCUT2D eigenvalue weighted by Gasteiger charge is 2.15. The van der Waals surface area contributed by atoms with Crippen molar-refractivity contribution in [3.8, 4) is 0 Å². The van der Waals surface area contributed by atoms with Gasteiger partial charge in [0.2, 0.25) is 10.0 Å². The van der Waals surface area contributed by atoms with E-state index in [2.05, 4.69) is 10.0 Å². The summed E-state index contributed by atoms with van der Waals surface area (Å²) in [6.07, 6.45) is 0.560. The second kappa shape index (κ2) is 9.93. The fraction of sp³-hybridized carbons (Fsp3) is 0.278. The zero-order chi connectivity index (χ0) is 20.6. The van der Waals surface area contributed by atoms with E-state index >= 15 is 0 Å². The molecule has 9 nitrogen and oxygen atoms in total. The summed E-state index contributed by atoms with van der Waals surface area (Å²) in [7, 11) is -3.65. The molecule has 0 unspecified atom stereocenters. The van der Waals surface area contributed by atoms with Gasteiger partial charge in [-0.1, -0.05) is 6.07 Å². The minimum Gasteiger partial charge on any atom is -0.382 e. The minimum atomic E-state index is -3.65. The molecule has 0 aliphatic rings. The Bertz CT molecular complexity index is 929. The molecular weight excluding hydrogens is 386 g/mol. The number of hydrogen-bond acceptors (Lipinski definition) is 6. The molecule has 0 saturated heterocycles. The first-order valence-electron chi connectivity index (χ1n) is 8.57. The van der Waals surface area contributed by atoms with E-state index < -0.39 is 20.9 Å². The van der Waals surface area contributed by atoms with Crippen molar-refractivity contribution in [1.82, 2.24) is 4.72 Å². The average molecular weight is 407 g/mol. The van der Waals surface area contributed by atoms with Crippen molar-refractivity contribution < 1.29 is 22.9 Å². The van der Waals surface area contributed by atoms with Crippen LogP contribution in [0.4, 0.5) is 11.4 Å². The van der Waals surface area contributed by atoms with Crippen LogP contribution in [0.5, 0.6) is 0 Å². The van der Waals surface area contributed by atoms with Crippen molar-refractivity contribution >= 4 is 27.3 Å². The average Bonchev–Trinajstić information content (AvgIpc) is 2.68. The highest BCUT2D eigenvalue weighted by molar-refractivity contribution is 7.89. The summed E-state index contributed by atoms with van der Waals surface area (Å²) >= 11 is 0. The van der Waals surface area contributed by atoms with E-state index in [-0.39, 0.29) is 22.7 Å². The summed E-state index contributed by atoms with van der Waals surface area (Å²) in [6.45, 7) is 3.18. The van der Waals surface area contributed by atoms with Gasteiger partial charge in [0.1, 0.15) is 0 Å². The quantitative estimate of drug-likeness (QED) is 0.354. The van der Waals surface area contributed by atoms with Gasteiger partial charge in [-0.05, 0) is 43.7 Å². The third-order valence-corrected chi connectivity index (χ3v) is 5.18. The van der Waals surface area contributed by atoms with Crippen LogP contribution < -0.4 is 10.0 Å². The molecule has 0 aromatic heterocycles. The smallest absolute Gasteiger partial charge is 0.270 e. The second-order valence-corrected chi connectivity index (χ2v) is 7.50. The molecule has 0 saturated carbocycles. The van der Waals surface area contributed by atoms with E-state index in [1.165, 1.54) is 48.5 Å². The predicted octanol–water partition coefficient (Wildman–Crippen LogP) is 2.55. The number of nitro groups is 1. The third kappa shape index (κ3) is 6.12. The van der Waals surface area contributed by atoms with Gasteiger partial charge in [0.05, 0.1) is 9.82 Å². The van der Waals surface area contributed by atoms with Gasteiger partial charge in [0, 0.05) is 43.1 Å². The van der Waals surface area contributed by atoms with E-state index in [9.17, 15) is 23.3 Å². The SMILES string of the molecule is CCOCCCNS(=O)(=O)c1ccc(NC(=O)c2cccc([N+](=O)[O-])c2)cc1. The highest BCUT2D eigenvalue weighted by atomic mass is 32.2. The van der Waals surface area contributed by atoms with Crippen LogP contribution in [0.25, 0.3) is 0 Å². The molecule has 0 aliphatic heterocycles. The lowest BCUT2D eigenvalue weighted by atomic mass is 10.2. The molecule has 2 aromatic carbocycles. The van der Waals surface area contributed by atoms with Crippen molar-refractivity contribution in [2.75, 3.05) is 25.1 Å². The Kier molecular flexibility index (Phi) is 7.61. The maximum Gasteiger partial charge on any atom is 0.270 e. The summed E-state index contributed by atoms with van der Waals surface area (Å²) in [4.78, 5) is 22.5. The molecule has 28 heavy (non-hydrogen) atoms. The van der Waals surface area contributed by atoms with Crippen molar-refractivity contribution in [3.05, 3.63) is 64.2 Å². The Morgan fingerprint density at radius 2 is 1.89 bits per heavy atom. The number of sulfonamides is 1. The van der Waals surface area contributed by atoms with Crippen LogP contribution in [0.2, 0.25) is 0 Å². The van der Waals surface area contributed by atoms with Crippen molar-refractivity contribution in [3.63, 3.8) is 0 Å². The van der Waals surface area contributed by atoms with Crippen molar-refractivity contribution in [2.24, 2.45) is 0 Å². The molecule has 0 aliphatic carbocycles. The zero-order valence-electron chi connectivity index (χ0n) is 15.3. The van der Waals surface area contributed by atoms with Gasteiger partial charge in [-0.2, -0.15) is 0 Å². The van der Waals surface area contributed by atoms with Crippen LogP contribution in [-0.4, -0.2) is 39.0 Å². The second-order valence-electron chi connectivity index (χ2n) is 5.73. The molecule has 2 rings (SSSR count). The van der Waals surface area contributed by atoms with Crippen LogP contribution in [0.1, 0.15) is 23.7 Å². The molecule has 0 spiro atoms. The minimum absolute atomic E-state index is 0.0669. The number of nitro benzene ring substituents is 1. The lowest BCUT2D eigenvalue weighted by molar-refractivity contribution is -0.384. The monoisotopic (exact) mass is 407 g/mol. The van der Waals surface area contributed by atoms with E-state index in [1.54, 1.807) is 0 Å². The van der Waals surface area contributed by atoms with Gasteiger partial charge in [-0.15, -0.1) is 0 Å². The van der Waals surface area contributed by atoms with Gasteiger partial charge >= 0.3 is 0 Å². The van der Waals surface area contributed by atoms with Crippen LogP contribution in [-0.2, 0) is 14.8 Å². The molecule has 0 atom stereocenters. The number of carbonyl (C=O) groups excluding carboxylic acids is 1. The number of hydrogen-bond donors (Lipinski definition) is 2. The van der Waals surface area contributed by atoms with Crippen LogP contribution in [0.15, 0.2) is 53.4 Å². The molecule has 150 valence electrons. The Hall–Kier alpha value is -2.82. The predicted molar refractivity (Wildman–Crippen MR) is 104 cm³/mol. The molecular formula is C18H21N3O6S. The standard InChI is InChI=1S/C18H21N3O6S/c1-2-27-12-4-11-19-28(25,26)17-9-7-15(8-10-17)20-18(22)14-5-3-6-16(13-14)21(23)24/h3,5-10,13,19H,2,4,11-12H2,1H3,(H,20,22). The topological polar surface area (TPSA) is 128 Å². The van der Waals surface area contributed by atoms with E-state index in [4.69, 9.17) is 4.74 Å². The molecule has 0 heterocycles. The first-order valence-corrected chi connectivity index (χ1v) is 10.0. The number of nitrogens with one attached hydrogen (secondary N) is 2. The zero-order valence-corrected chi connectivity index (χ0v) is 16.1. The summed E-state index contributed by atoms with van der Waals surface area (Å²) < 4.78 is 32.1. The molecule has 0 fully saturated rings. The maximum atomic E-state index is 12.2. The number of anilines is 1. The van der Waals surface area contributed by atoms with Crippen LogP contribution in [0.3, 0.4) is 0 Å². The Balaban J connectivity index is 1.99. The molecule has 2 N–H and O–H groups in total. The van der Waals surface area contributed by atoms with Crippen LogP contribution in [0, 0.1) is 10.1 Å². The number of benzene rings is 2. The van der Waals surface area contributed by atoms with Crippen molar-refractivity contribution in [1.29, 1.82) is 0 Å². The number of nitrogens with zero attached hydrogens (tertiary/aromatic N) is 1. The number of amides is 1. The van der Waals surface area contributed by atoms with Crippen LogP contribution >= 0.6 is 0 Å². The number of non-ortho nitro benzene ring substituents is 1. The molecule has 1 amide bonds. The number of rotatable bonds is 10. The summed E-state index contributed by atoms with van der Waals surface area (Å²) in [5.41, 5.74) is 0.304. The van der Waals surface area contributed by atoms with E-state index in [0.29, 0.717) is 25.3 Å². The molecule has 0 bridgehead atoms. The summed E-state index contributed by atoms with van der Waals surface area (Å²) in [6, 6.07) is 11.0.